The summed E-state index contributed by atoms with van der Waals surface area (Å²) in [6.07, 6.45) is 4.22. The summed E-state index contributed by atoms with van der Waals surface area (Å²) in [6.45, 7) is 0.138. The largest absolute Gasteiger partial charge is 0.458 e. The first kappa shape index (κ1) is 16.5. The molecule has 0 heterocycles. The van der Waals surface area contributed by atoms with E-state index in [0.717, 1.165) is 24.1 Å². The highest BCUT2D eigenvalue weighted by molar-refractivity contribution is 5.95. The number of esters is 1. The molecule has 0 bridgehead atoms. The predicted molar refractivity (Wildman–Crippen MR) is 82.8 cm³/mol. The minimum Gasteiger partial charge on any atom is -0.458 e. The van der Waals surface area contributed by atoms with Crippen LogP contribution in [0.3, 0.4) is 0 Å². The third-order valence-corrected chi connectivity index (χ3v) is 3.53. The highest BCUT2D eigenvalue weighted by atomic mass is 16.5. The summed E-state index contributed by atoms with van der Waals surface area (Å²) in [5.74, 6) is -1.11. The molecule has 2 rings (SSSR count). The molecule has 1 aromatic carbocycles. The van der Waals surface area contributed by atoms with E-state index in [0.29, 0.717) is 12.8 Å². The molecule has 0 aliphatic heterocycles. The van der Waals surface area contributed by atoms with Gasteiger partial charge in [0.1, 0.15) is 12.3 Å². The van der Waals surface area contributed by atoms with Crippen molar-refractivity contribution in [2.45, 2.75) is 31.5 Å². The number of rotatable bonds is 6. The number of benzene rings is 1. The summed E-state index contributed by atoms with van der Waals surface area (Å²) in [7, 11) is 0. The summed E-state index contributed by atoms with van der Waals surface area (Å²) < 4.78 is 5.02. The highest BCUT2D eigenvalue weighted by Crippen LogP contribution is 2.28. The van der Waals surface area contributed by atoms with E-state index in [1.807, 2.05) is 30.3 Å². The number of primary amides is 1. The van der Waals surface area contributed by atoms with Gasteiger partial charge in [-0.2, -0.15) is 0 Å². The number of amides is 3. The number of ether oxygens (including phenoxy) is 1. The zero-order valence-electron chi connectivity index (χ0n) is 12.6. The number of carbonyl (C=O) groups excluding carboxylic acids is 3. The first-order valence-corrected chi connectivity index (χ1v) is 7.28. The van der Waals surface area contributed by atoms with Crippen LogP contribution < -0.4 is 16.4 Å². The fraction of sp³-hybridized carbons (Fsp3) is 0.312. The van der Waals surface area contributed by atoms with Gasteiger partial charge in [-0.3, -0.25) is 4.79 Å². The van der Waals surface area contributed by atoms with Crippen molar-refractivity contribution in [3.05, 3.63) is 48.0 Å². The summed E-state index contributed by atoms with van der Waals surface area (Å²) >= 11 is 0. The van der Waals surface area contributed by atoms with Crippen LogP contribution in [0.2, 0.25) is 0 Å². The fourth-order valence-corrected chi connectivity index (χ4v) is 2.25. The Morgan fingerprint density at radius 2 is 1.83 bits per heavy atom. The van der Waals surface area contributed by atoms with Gasteiger partial charge in [0.25, 0.3) is 0 Å². The van der Waals surface area contributed by atoms with Crippen LogP contribution in [0.4, 0.5) is 4.79 Å². The maximum absolute atomic E-state index is 11.8. The third kappa shape index (κ3) is 5.14. The lowest BCUT2D eigenvalue weighted by Crippen LogP contribution is -2.65. The SMILES string of the molecule is NC(=O)NC1(NC(=O)/C=C\C(=O)OCc2ccccc2)CCC1. The second-order valence-corrected chi connectivity index (χ2v) is 5.34. The van der Waals surface area contributed by atoms with Crippen LogP contribution in [0, 0.1) is 0 Å². The fourth-order valence-electron chi connectivity index (χ4n) is 2.25. The number of hydrogen-bond donors (Lipinski definition) is 3. The van der Waals surface area contributed by atoms with Crippen LogP contribution in [0.15, 0.2) is 42.5 Å². The van der Waals surface area contributed by atoms with Gasteiger partial charge in [-0.15, -0.1) is 0 Å². The van der Waals surface area contributed by atoms with Gasteiger partial charge in [0.15, 0.2) is 0 Å². The number of nitrogens with two attached hydrogens (primary N) is 1. The maximum atomic E-state index is 11.8. The summed E-state index contributed by atoms with van der Waals surface area (Å²) in [5, 5.41) is 5.16. The molecule has 0 radical (unpaired) electrons. The first-order chi connectivity index (χ1) is 11.0. The Bertz CT molecular complexity index is 609. The van der Waals surface area contributed by atoms with Crippen molar-refractivity contribution in [3.63, 3.8) is 0 Å². The Morgan fingerprint density at radius 1 is 1.13 bits per heavy atom. The van der Waals surface area contributed by atoms with Gasteiger partial charge in [-0.1, -0.05) is 30.3 Å². The van der Waals surface area contributed by atoms with Gasteiger partial charge in [-0.25, -0.2) is 9.59 Å². The van der Waals surface area contributed by atoms with E-state index in [2.05, 4.69) is 10.6 Å². The van der Waals surface area contributed by atoms with E-state index in [9.17, 15) is 14.4 Å². The van der Waals surface area contributed by atoms with E-state index >= 15 is 0 Å². The van der Waals surface area contributed by atoms with Crippen molar-refractivity contribution in [2.24, 2.45) is 5.73 Å². The minimum absolute atomic E-state index is 0.138. The van der Waals surface area contributed by atoms with Gasteiger partial charge in [0.2, 0.25) is 5.91 Å². The quantitative estimate of drug-likeness (QED) is 0.412. The number of hydrogen-bond acceptors (Lipinski definition) is 4. The van der Waals surface area contributed by atoms with E-state index in [1.165, 1.54) is 0 Å². The molecule has 7 heteroatoms. The van der Waals surface area contributed by atoms with Crippen LogP contribution in [0.5, 0.6) is 0 Å². The molecular formula is C16H19N3O4. The molecule has 0 unspecified atom stereocenters. The van der Waals surface area contributed by atoms with Crippen LogP contribution >= 0.6 is 0 Å². The van der Waals surface area contributed by atoms with Gasteiger partial charge < -0.3 is 21.1 Å². The molecule has 1 aliphatic rings. The van der Waals surface area contributed by atoms with Gasteiger partial charge >= 0.3 is 12.0 Å². The molecule has 1 fully saturated rings. The Labute approximate surface area is 133 Å². The monoisotopic (exact) mass is 317 g/mol. The second-order valence-electron chi connectivity index (χ2n) is 5.34. The molecule has 0 atom stereocenters. The van der Waals surface area contributed by atoms with E-state index in [-0.39, 0.29) is 6.61 Å². The Morgan fingerprint density at radius 3 is 2.39 bits per heavy atom. The zero-order valence-corrected chi connectivity index (χ0v) is 12.6. The molecule has 1 aromatic rings. The molecule has 1 saturated carbocycles. The molecule has 0 spiro atoms. The summed E-state index contributed by atoms with van der Waals surface area (Å²) in [6, 6.07) is 8.52. The normalized spacial score (nSPS) is 15.5. The Balaban J connectivity index is 1.78. The van der Waals surface area contributed by atoms with Crippen molar-refractivity contribution < 1.29 is 19.1 Å². The molecule has 0 aromatic heterocycles. The van der Waals surface area contributed by atoms with E-state index in [1.54, 1.807) is 0 Å². The number of nitrogens with one attached hydrogen (secondary N) is 2. The molecule has 3 amide bonds. The smallest absolute Gasteiger partial charge is 0.331 e. The number of urea groups is 1. The standard InChI is InChI=1S/C16H19N3O4/c17-15(22)19-16(9-4-10-16)18-13(20)7-8-14(21)23-11-12-5-2-1-3-6-12/h1-3,5-8H,4,9-11H2,(H,18,20)(H3,17,19,22)/b8-7-. The molecule has 0 saturated heterocycles. The van der Waals surface area contributed by atoms with Crippen LogP contribution in [0.1, 0.15) is 24.8 Å². The van der Waals surface area contributed by atoms with Gasteiger partial charge in [0, 0.05) is 12.2 Å². The molecule has 23 heavy (non-hydrogen) atoms. The van der Waals surface area contributed by atoms with Crippen LogP contribution in [-0.2, 0) is 20.9 Å². The van der Waals surface area contributed by atoms with E-state index in [4.69, 9.17) is 10.5 Å². The molecule has 7 nitrogen and oxygen atoms in total. The minimum atomic E-state index is -0.804. The Hall–Kier alpha value is -2.83. The van der Waals surface area contributed by atoms with Crippen molar-refractivity contribution in [1.82, 2.24) is 10.6 Å². The number of carbonyl (C=O) groups is 3. The lowest BCUT2D eigenvalue weighted by molar-refractivity contribution is -0.139. The second kappa shape index (κ2) is 7.44. The van der Waals surface area contributed by atoms with Crippen LogP contribution in [0.25, 0.3) is 0 Å². The van der Waals surface area contributed by atoms with Crippen LogP contribution in [-0.4, -0.2) is 23.6 Å². The lowest BCUT2D eigenvalue weighted by atomic mass is 9.84. The summed E-state index contributed by atoms with van der Waals surface area (Å²) in [5.41, 5.74) is 5.14. The maximum Gasteiger partial charge on any atom is 0.331 e. The highest BCUT2D eigenvalue weighted by Gasteiger charge is 2.38. The third-order valence-electron chi connectivity index (χ3n) is 3.53. The zero-order chi connectivity index (χ0) is 16.7. The molecule has 1 aliphatic carbocycles. The van der Waals surface area contributed by atoms with Gasteiger partial charge in [-0.05, 0) is 24.8 Å². The average Bonchev–Trinajstić information content (AvgIpc) is 2.49. The molecule has 122 valence electrons. The first-order valence-electron chi connectivity index (χ1n) is 7.28. The van der Waals surface area contributed by atoms with Crippen molar-refractivity contribution in [1.29, 1.82) is 0 Å². The Kier molecular flexibility index (Phi) is 5.35. The predicted octanol–water partition coefficient (Wildman–Crippen LogP) is 0.951. The van der Waals surface area contributed by atoms with Crippen molar-refractivity contribution >= 4 is 17.9 Å². The molecular weight excluding hydrogens is 298 g/mol. The van der Waals surface area contributed by atoms with E-state index < -0.39 is 23.6 Å². The summed E-state index contributed by atoms with van der Waals surface area (Å²) in [4.78, 5) is 34.3. The molecule has 4 N–H and O–H groups in total. The van der Waals surface area contributed by atoms with Crippen molar-refractivity contribution in [2.75, 3.05) is 0 Å². The average molecular weight is 317 g/mol. The van der Waals surface area contributed by atoms with Crippen molar-refractivity contribution in [3.8, 4) is 0 Å². The topological polar surface area (TPSA) is 111 Å². The lowest BCUT2D eigenvalue weighted by Gasteiger charge is -2.42. The van der Waals surface area contributed by atoms with Gasteiger partial charge in [0.05, 0.1) is 0 Å².